The molecule has 0 spiro atoms. The Morgan fingerprint density at radius 1 is 1.38 bits per heavy atom. The summed E-state index contributed by atoms with van der Waals surface area (Å²) in [6, 6.07) is 5.18. The molecule has 4 heteroatoms. The van der Waals surface area contributed by atoms with Gasteiger partial charge < -0.3 is 5.32 Å². The standard InChI is InChI=1S/C12H12ClFN2/c1-2-6-15-10-5-7-16-12-8(10)3-4-9(13)11(12)14/h3-5,7H,2,6H2,1H3,(H,15,16). The molecule has 0 aliphatic rings. The van der Waals surface area contributed by atoms with Crippen molar-refractivity contribution in [1.82, 2.24) is 4.98 Å². The molecular weight excluding hydrogens is 227 g/mol. The maximum absolute atomic E-state index is 13.7. The van der Waals surface area contributed by atoms with Crippen LogP contribution in [0.15, 0.2) is 24.4 Å². The molecule has 84 valence electrons. The predicted octanol–water partition coefficient (Wildman–Crippen LogP) is 3.85. The van der Waals surface area contributed by atoms with Crippen molar-refractivity contribution >= 4 is 28.2 Å². The van der Waals surface area contributed by atoms with Gasteiger partial charge in [-0.15, -0.1) is 0 Å². The minimum absolute atomic E-state index is 0.104. The molecule has 1 N–H and O–H groups in total. The quantitative estimate of drug-likeness (QED) is 0.879. The molecule has 0 saturated heterocycles. The Hall–Kier alpha value is -1.35. The van der Waals surface area contributed by atoms with Gasteiger partial charge in [0.1, 0.15) is 5.52 Å². The number of anilines is 1. The third-order valence-electron chi connectivity index (χ3n) is 2.37. The number of hydrogen-bond acceptors (Lipinski definition) is 2. The van der Waals surface area contributed by atoms with Crippen molar-refractivity contribution in [1.29, 1.82) is 0 Å². The fraction of sp³-hybridized carbons (Fsp3) is 0.250. The first-order valence-electron chi connectivity index (χ1n) is 5.20. The van der Waals surface area contributed by atoms with Crippen LogP contribution in [0.2, 0.25) is 5.02 Å². The molecule has 2 aromatic rings. The number of aromatic nitrogens is 1. The van der Waals surface area contributed by atoms with Crippen molar-refractivity contribution in [3.63, 3.8) is 0 Å². The minimum Gasteiger partial charge on any atom is -0.384 e. The molecule has 0 atom stereocenters. The highest BCUT2D eigenvalue weighted by molar-refractivity contribution is 6.31. The summed E-state index contributed by atoms with van der Waals surface area (Å²) >= 11 is 5.71. The fourth-order valence-electron chi connectivity index (χ4n) is 1.57. The van der Waals surface area contributed by atoms with Crippen LogP contribution in [0, 0.1) is 5.82 Å². The van der Waals surface area contributed by atoms with E-state index in [-0.39, 0.29) is 5.02 Å². The molecule has 0 bridgehead atoms. The van der Waals surface area contributed by atoms with Gasteiger partial charge in [0.25, 0.3) is 0 Å². The third-order valence-corrected chi connectivity index (χ3v) is 2.66. The number of pyridine rings is 1. The Morgan fingerprint density at radius 3 is 2.94 bits per heavy atom. The lowest BCUT2D eigenvalue weighted by Crippen LogP contribution is -2.01. The zero-order valence-corrected chi connectivity index (χ0v) is 9.68. The highest BCUT2D eigenvalue weighted by Crippen LogP contribution is 2.27. The number of rotatable bonds is 3. The second-order valence-electron chi connectivity index (χ2n) is 3.54. The average Bonchev–Trinajstić information content (AvgIpc) is 2.31. The molecule has 0 saturated carbocycles. The number of halogens is 2. The largest absolute Gasteiger partial charge is 0.384 e. The number of hydrogen-bond donors (Lipinski definition) is 1. The topological polar surface area (TPSA) is 24.9 Å². The van der Waals surface area contributed by atoms with Gasteiger partial charge in [-0.25, -0.2) is 4.39 Å². The van der Waals surface area contributed by atoms with Crippen molar-refractivity contribution in [2.24, 2.45) is 0 Å². The minimum atomic E-state index is -0.459. The summed E-state index contributed by atoms with van der Waals surface area (Å²) < 4.78 is 13.7. The van der Waals surface area contributed by atoms with Gasteiger partial charge in [0.2, 0.25) is 0 Å². The van der Waals surface area contributed by atoms with E-state index in [9.17, 15) is 4.39 Å². The van der Waals surface area contributed by atoms with E-state index in [0.717, 1.165) is 24.0 Å². The van der Waals surface area contributed by atoms with Gasteiger partial charge in [-0.05, 0) is 24.6 Å². The van der Waals surface area contributed by atoms with E-state index in [2.05, 4.69) is 17.2 Å². The van der Waals surface area contributed by atoms with Crippen LogP contribution in [0.1, 0.15) is 13.3 Å². The summed E-state index contributed by atoms with van der Waals surface area (Å²) in [7, 11) is 0. The lowest BCUT2D eigenvalue weighted by atomic mass is 10.2. The summed E-state index contributed by atoms with van der Waals surface area (Å²) in [5, 5.41) is 4.10. The van der Waals surface area contributed by atoms with E-state index >= 15 is 0 Å². The number of nitrogens with zero attached hydrogens (tertiary/aromatic N) is 1. The van der Waals surface area contributed by atoms with E-state index in [4.69, 9.17) is 11.6 Å². The maximum atomic E-state index is 13.7. The van der Waals surface area contributed by atoms with Crippen molar-refractivity contribution in [2.45, 2.75) is 13.3 Å². The van der Waals surface area contributed by atoms with Crippen molar-refractivity contribution in [3.8, 4) is 0 Å². The Kier molecular flexibility index (Phi) is 3.25. The molecule has 0 radical (unpaired) electrons. The highest BCUT2D eigenvalue weighted by Gasteiger charge is 2.09. The Labute approximate surface area is 98.4 Å². The molecule has 1 aromatic carbocycles. The maximum Gasteiger partial charge on any atom is 0.168 e. The zero-order chi connectivity index (χ0) is 11.5. The van der Waals surface area contributed by atoms with E-state index in [1.807, 2.05) is 6.07 Å². The summed E-state index contributed by atoms with van der Waals surface area (Å²) in [5.74, 6) is -0.459. The van der Waals surface area contributed by atoms with Gasteiger partial charge in [0.05, 0.1) is 5.02 Å². The lowest BCUT2D eigenvalue weighted by molar-refractivity contribution is 0.637. The first-order valence-corrected chi connectivity index (χ1v) is 5.58. The van der Waals surface area contributed by atoms with Crippen LogP contribution in [0.4, 0.5) is 10.1 Å². The van der Waals surface area contributed by atoms with Gasteiger partial charge in [-0.3, -0.25) is 4.98 Å². The van der Waals surface area contributed by atoms with Crippen molar-refractivity contribution in [2.75, 3.05) is 11.9 Å². The summed E-state index contributed by atoms with van der Waals surface area (Å²) in [6.45, 7) is 2.93. The predicted molar refractivity (Wildman–Crippen MR) is 65.5 cm³/mol. The van der Waals surface area contributed by atoms with E-state index in [1.165, 1.54) is 0 Å². The molecule has 0 amide bonds. The van der Waals surface area contributed by atoms with Crippen LogP contribution in [-0.4, -0.2) is 11.5 Å². The number of nitrogens with one attached hydrogen (secondary N) is 1. The molecule has 16 heavy (non-hydrogen) atoms. The van der Waals surface area contributed by atoms with Crippen LogP contribution < -0.4 is 5.32 Å². The summed E-state index contributed by atoms with van der Waals surface area (Å²) in [4.78, 5) is 4.01. The number of benzene rings is 1. The first kappa shape index (κ1) is 11.1. The van der Waals surface area contributed by atoms with E-state index in [1.54, 1.807) is 18.3 Å². The molecule has 0 aliphatic heterocycles. The fourth-order valence-corrected chi connectivity index (χ4v) is 1.73. The van der Waals surface area contributed by atoms with Gasteiger partial charge in [-0.2, -0.15) is 0 Å². The van der Waals surface area contributed by atoms with Crippen LogP contribution in [-0.2, 0) is 0 Å². The summed E-state index contributed by atoms with van der Waals surface area (Å²) in [5.41, 5.74) is 1.20. The molecule has 0 aliphatic carbocycles. The third kappa shape index (κ3) is 1.95. The molecule has 1 heterocycles. The van der Waals surface area contributed by atoms with Gasteiger partial charge in [0, 0.05) is 23.8 Å². The van der Waals surface area contributed by atoms with Gasteiger partial charge in [-0.1, -0.05) is 18.5 Å². The molecule has 0 fully saturated rings. The Bertz CT molecular complexity index is 514. The van der Waals surface area contributed by atoms with Crippen LogP contribution in [0.25, 0.3) is 10.9 Å². The second-order valence-corrected chi connectivity index (χ2v) is 3.95. The molecular formula is C12H12ClFN2. The van der Waals surface area contributed by atoms with E-state index < -0.39 is 5.82 Å². The molecule has 2 nitrogen and oxygen atoms in total. The SMILES string of the molecule is CCCNc1ccnc2c(F)c(Cl)ccc12. The monoisotopic (exact) mass is 238 g/mol. The first-order chi connectivity index (χ1) is 7.74. The normalized spacial score (nSPS) is 10.7. The molecule has 2 rings (SSSR count). The zero-order valence-electron chi connectivity index (χ0n) is 8.93. The molecule has 1 aromatic heterocycles. The van der Waals surface area contributed by atoms with Crippen molar-refractivity contribution < 1.29 is 4.39 Å². The smallest absolute Gasteiger partial charge is 0.168 e. The Balaban J connectivity index is 2.56. The van der Waals surface area contributed by atoms with E-state index in [0.29, 0.717) is 5.52 Å². The average molecular weight is 239 g/mol. The summed E-state index contributed by atoms with van der Waals surface area (Å²) in [6.07, 6.45) is 2.60. The van der Waals surface area contributed by atoms with Crippen LogP contribution in [0.3, 0.4) is 0 Å². The van der Waals surface area contributed by atoms with Gasteiger partial charge >= 0.3 is 0 Å². The molecule has 0 unspecified atom stereocenters. The van der Waals surface area contributed by atoms with Gasteiger partial charge in [0.15, 0.2) is 5.82 Å². The highest BCUT2D eigenvalue weighted by atomic mass is 35.5. The van der Waals surface area contributed by atoms with Crippen LogP contribution >= 0.6 is 11.6 Å². The Morgan fingerprint density at radius 2 is 2.19 bits per heavy atom. The number of fused-ring (bicyclic) bond motifs is 1. The van der Waals surface area contributed by atoms with Crippen molar-refractivity contribution in [3.05, 3.63) is 35.2 Å². The lowest BCUT2D eigenvalue weighted by Gasteiger charge is -2.08. The van der Waals surface area contributed by atoms with Crippen LogP contribution in [0.5, 0.6) is 0 Å². The second kappa shape index (κ2) is 4.66.